The smallest absolute Gasteiger partial charge is 0.181 e. The maximum Gasteiger partial charge on any atom is 0.181 e. The predicted octanol–water partition coefficient (Wildman–Crippen LogP) is 3.28. The van der Waals surface area contributed by atoms with Crippen LogP contribution in [0.4, 0.5) is 0 Å². The van der Waals surface area contributed by atoms with E-state index in [-0.39, 0.29) is 13.6 Å². The summed E-state index contributed by atoms with van der Waals surface area (Å²) in [4.78, 5) is 9.69. The molecule has 0 saturated heterocycles. The number of rotatable bonds is 9. The third-order valence-corrected chi connectivity index (χ3v) is 2.57. The summed E-state index contributed by atoms with van der Waals surface area (Å²) in [6, 6.07) is 19.8. The van der Waals surface area contributed by atoms with Gasteiger partial charge in [0, 0.05) is 0 Å². The van der Waals surface area contributed by atoms with Crippen LogP contribution in [0.2, 0.25) is 0 Å². The lowest BCUT2D eigenvalue weighted by Crippen LogP contribution is -2.05. The van der Waals surface area contributed by atoms with Crippen molar-refractivity contribution in [3.63, 3.8) is 0 Å². The molecular formula is C16H18O4. The third kappa shape index (κ3) is 5.95. The van der Waals surface area contributed by atoms with Crippen molar-refractivity contribution in [1.82, 2.24) is 0 Å². The second kappa shape index (κ2) is 9.23. The average molecular weight is 274 g/mol. The molecule has 0 unspecified atom stereocenters. The Morgan fingerprint density at radius 3 is 1.35 bits per heavy atom. The normalized spacial score (nSPS) is 10.6. The van der Waals surface area contributed by atoms with Crippen LogP contribution in [0.5, 0.6) is 0 Å². The molecule has 20 heavy (non-hydrogen) atoms. The first kappa shape index (κ1) is 14.7. The lowest BCUT2D eigenvalue weighted by atomic mass is 10.2. The van der Waals surface area contributed by atoms with E-state index < -0.39 is 0 Å². The Balaban J connectivity index is 1.44. The molecule has 0 aliphatic heterocycles. The highest BCUT2D eigenvalue weighted by atomic mass is 17.2. The Morgan fingerprint density at radius 1 is 0.550 bits per heavy atom. The molecule has 0 heterocycles. The van der Waals surface area contributed by atoms with Crippen molar-refractivity contribution < 1.29 is 19.2 Å². The first-order chi connectivity index (χ1) is 9.95. The molecule has 106 valence electrons. The van der Waals surface area contributed by atoms with E-state index in [2.05, 4.69) is 0 Å². The molecule has 2 rings (SSSR count). The summed E-state index contributed by atoms with van der Waals surface area (Å²) < 4.78 is 10.6. The molecule has 4 nitrogen and oxygen atoms in total. The summed E-state index contributed by atoms with van der Waals surface area (Å²) in [6.45, 7) is 1.14. The minimum absolute atomic E-state index is 0.0730. The highest BCUT2D eigenvalue weighted by Crippen LogP contribution is 2.01. The Morgan fingerprint density at radius 2 is 0.950 bits per heavy atom. The summed E-state index contributed by atoms with van der Waals surface area (Å²) >= 11 is 0. The standard InChI is InChI=1S/C16H18O4/c1-3-7-15(8-4-1)11-17-13-19-20-14-18-12-16-9-5-2-6-10-16/h1-10H,11-14H2. The molecule has 0 aromatic heterocycles. The molecule has 0 N–H and O–H groups in total. The van der Waals surface area contributed by atoms with Crippen LogP contribution >= 0.6 is 0 Å². The first-order valence-corrected chi connectivity index (χ1v) is 6.43. The van der Waals surface area contributed by atoms with Crippen LogP contribution in [0.25, 0.3) is 0 Å². The molecule has 2 aromatic rings. The second-order valence-electron chi connectivity index (χ2n) is 4.14. The molecule has 2 aromatic carbocycles. The summed E-state index contributed by atoms with van der Waals surface area (Å²) in [5, 5.41) is 0. The molecule has 0 radical (unpaired) electrons. The zero-order valence-corrected chi connectivity index (χ0v) is 11.2. The van der Waals surface area contributed by atoms with Gasteiger partial charge in [0.15, 0.2) is 13.6 Å². The van der Waals surface area contributed by atoms with E-state index in [0.29, 0.717) is 13.2 Å². The molecule has 4 heteroatoms. The number of hydrogen-bond acceptors (Lipinski definition) is 4. The molecule has 0 fully saturated rings. The minimum atomic E-state index is 0.0730. The van der Waals surface area contributed by atoms with Crippen LogP contribution < -0.4 is 0 Å². The van der Waals surface area contributed by atoms with E-state index in [1.807, 2.05) is 60.7 Å². The molecular weight excluding hydrogens is 256 g/mol. The average Bonchev–Trinajstić information content (AvgIpc) is 2.52. The van der Waals surface area contributed by atoms with Gasteiger partial charge in [0.2, 0.25) is 0 Å². The van der Waals surface area contributed by atoms with Gasteiger partial charge in [-0.15, -0.1) is 0 Å². The molecule has 0 aliphatic carbocycles. The molecule has 0 spiro atoms. The van der Waals surface area contributed by atoms with Gasteiger partial charge in [-0.3, -0.25) is 0 Å². The second-order valence-corrected chi connectivity index (χ2v) is 4.14. The van der Waals surface area contributed by atoms with Gasteiger partial charge < -0.3 is 9.47 Å². The van der Waals surface area contributed by atoms with Gasteiger partial charge in [-0.2, -0.15) is 0 Å². The van der Waals surface area contributed by atoms with Crippen molar-refractivity contribution in [2.75, 3.05) is 13.6 Å². The third-order valence-electron chi connectivity index (χ3n) is 2.57. The van der Waals surface area contributed by atoms with Crippen LogP contribution in [-0.2, 0) is 32.5 Å². The number of benzene rings is 2. The lowest BCUT2D eigenvalue weighted by molar-refractivity contribution is -0.371. The highest BCUT2D eigenvalue weighted by Gasteiger charge is 1.94. The van der Waals surface area contributed by atoms with Crippen LogP contribution in [0.1, 0.15) is 11.1 Å². The number of hydrogen-bond donors (Lipinski definition) is 0. The van der Waals surface area contributed by atoms with Crippen LogP contribution in [0.15, 0.2) is 60.7 Å². The molecule has 0 atom stereocenters. The van der Waals surface area contributed by atoms with Gasteiger partial charge in [-0.25, -0.2) is 9.78 Å². The summed E-state index contributed by atoms with van der Waals surface area (Å²) in [5.41, 5.74) is 2.19. The van der Waals surface area contributed by atoms with Crippen molar-refractivity contribution >= 4 is 0 Å². The predicted molar refractivity (Wildman–Crippen MR) is 74.4 cm³/mol. The van der Waals surface area contributed by atoms with Crippen LogP contribution in [0, 0.1) is 0 Å². The van der Waals surface area contributed by atoms with Gasteiger partial charge in [0.1, 0.15) is 0 Å². The highest BCUT2D eigenvalue weighted by molar-refractivity contribution is 5.13. The summed E-state index contributed by atoms with van der Waals surface area (Å²) in [7, 11) is 0. The van der Waals surface area contributed by atoms with Gasteiger partial charge in [0.25, 0.3) is 0 Å². The van der Waals surface area contributed by atoms with E-state index in [4.69, 9.17) is 19.2 Å². The fourth-order valence-electron chi connectivity index (χ4n) is 1.60. The van der Waals surface area contributed by atoms with Crippen molar-refractivity contribution in [3.05, 3.63) is 71.8 Å². The Hall–Kier alpha value is -1.72. The lowest BCUT2D eigenvalue weighted by Gasteiger charge is -2.06. The van der Waals surface area contributed by atoms with Gasteiger partial charge >= 0.3 is 0 Å². The molecule has 0 amide bonds. The van der Waals surface area contributed by atoms with Crippen LogP contribution in [-0.4, -0.2) is 13.6 Å². The van der Waals surface area contributed by atoms with E-state index in [0.717, 1.165) is 11.1 Å². The monoisotopic (exact) mass is 274 g/mol. The van der Waals surface area contributed by atoms with Gasteiger partial charge in [-0.05, 0) is 11.1 Å². The van der Waals surface area contributed by atoms with Crippen molar-refractivity contribution in [2.24, 2.45) is 0 Å². The minimum Gasteiger partial charge on any atom is -0.348 e. The SMILES string of the molecule is c1ccc(COCOOCOCc2ccccc2)cc1. The van der Waals surface area contributed by atoms with E-state index in [9.17, 15) is 0 Å². The molecule has 0 aliphatic rings. The van der Waals surface area contributed by atoms with E-state index in [1.165, 1.54) is 0 Å². The zero-order chi connectivity index (χ0) is 13.9. The van der Waals surface area contributed by atoms with Crippen molar-refractivity contribution in [3.8, 4) is 0 Å². The number of ether oxygens (including phenoxy) is 2. The van der Waals surface area contributed by atoms with E-state index in [1.54, 1.807) is 0 Å². The Bertz CT molecular complexity index is 413. The largest absolute Gasteiger partial charge is 0.348 e. The van der Waals surface area contributed by atoms with Crippen molar-refractivity contribution in [2.45, 2.75) is 13.2 Å². The maximum absolute atomic E-state index is 5.28. The quantitative estimate of drug-likeness (QED) is 0.304. The van der Waals surface area contributed by atoms with Gasteiger partial charge in [-0.1, -0.05) is 60.7 Å². The molecule has 0 saturated carbocycles. The fraction of sp³-hybridized carbons (Fsp3) is 0.250. The summed E-state index contributed by atoms with van der Waals surface area (Å²) in [6.07, 6.45) is 0. The van der Waals surface area contributed by atoms with Crippen molar-refractivity contribution in [1.29, 1.82) is 0 Å². The maximum atomic E-state index is 5.28. The first-order valence-electron chi connectivity index (χ1n) is 6.43. The van der Waals surface area contributed by atoms with E-state index >= 15 is 0 Å². The Kier molecular flexibility index (Phi) is 6.77. The Labute approximate surface area is 118 Å². The molecule has 0 bridgehead atoms. The van der Waals surface area contributed by atoms with Crippen LogP contribution in [0.3, 0.4) is 0 Å². The zero-order valence-electron chi connectivity index (χ0n) is 11.2. The topological polar surface area (TPSA) is 36.9 Å². The summed E-state index contributed by atoms with van der Waals surface area (Å²) in [5.74, 6) is 0. The fourth-order valence-corrected chi connectivity index (χ4v) is 1.60. The van der Waals surface area contributed by atoms with Gasteiger partial charge in [0.05, 0.1) is 13.2 Å².